The Morgan fingerprint density at radius 3 is 2.76 bits per heavy atom. The van der Waals surface area contributed by atoms with E-state index < -0.39 is 0 Å². The average Bonchev–Trinajstić information content (AvgIpc) is 2.39. The highest BCUT2D eigenvalue weighted by atomic mass is 14.4. The Bertz CT molecular complexity index is 465. The van der Waals surface area contributed by atoms with Crippen LogP contribution in [0.15, 0.2) is 61.2 Å². The van der Waals surface area contributed by atoms with Crippen molar-refractivity contribution in [3.63, 3.8) is 0 Å². The van der Waals surface area contributed by atoms with Crippen molar-refractivity contribution in [3.8, 4) is 0 Å². The second-order valence-corrected chi connectivity index (χ2v) is 4.80. The van der Waals surface area contributed by atoms with Gasteiger partial charge in [0.2, 0.25) is 0 Å². The van der Waals surface area contributed by atoms with Gasteiger partial charge in [0.1, 0.15) is 0 Å². The van der Waals surface area contributed by atoms with Crippen LogP contribution in [-0.4, -0.2) is 0 Å². The molecular weight excluding hydrogens is 204 g/mol. The van der Waals surface area contributed by atoms with Gasteiger partial charge in [-0.25, -0.2) is 0 Å². The summed E-state index contributed by atoms with van der Waals surface area (Å²) in [6.07, 6.45) is 11.9. The van der Waals surface area contributed by atoms with Crippen LogP contribution in [0.1, 0.15) is 25.0 Å². The van der Waals surface area contributed by atoms with Crippen LogP contribution < -0.4 is 0 Å². The predicted octanol–water partition coefficient (Wildman–Crippen LogP) is 4.43. The number of rotatable bonds is 3. The first-order valence-corrected chi connectivity index (χ1v) is 6.29. The molecule has 0 heteroatoms. The molecule has 0 spiro atoms. The van der Waals surface area contributed by atoms with Crippen LogP contribution in [0.4, 0.5) is 0 Å². The van der Waals surface area contributed by atoms with E-state index in [-0.39, 0.29) is 5.41 Å². The Labute approximate surface area is 104 Å². The van der Waals surface area contributed by atoms with Crippen molar-refractivity contribution in [2.75, 3.05) is 0 Å². The summed E-state index contributed by atoms with van der Waals surface area (Å²) in [7, 11) is 0. The van der Waals surface area contributed by atoms with Crippen molar-refractivity contribution in [1.29, 1.82) is 0 Å². The zero-order valence-corrected chi connectivity index (χ0v) is 10.7. The van der Waals surface area contributed by atoms with E-state index in [1.54, 1.807) is 0 Å². The van der Waals surface area contributed by atoms with Crippen LogP contribution in [0.25, 0.3) is 0 Å². The fraction of sp³-hybridized carbons (Fsp3) is 0.294. The van der Waals surface area contributed by atoms with Crippen molar-refractivity contribution in [3.05, 3.63) is 72.4 Å². The van der Waals surface area contributed by atoms with Gasteiger partial charge in [0, 0.05) is 11.3 Å². The maximum Gasteiger partial charge on any atom is 0.0207 e. The summed E-state index contributed by atoms with van der Waals surface area (Å²) in [4.78, 5) is 0. The standard InChI is InChI=1S/C17H20/c1-4-14-10-6-7-12-16(14)17(3)13-9-8-11-15(17)5-2/h5-13,15H,2,4H2,1,3H3. The molecule has 0 saturated heterocycles. The molecule has 2 rings (SSSR count). The Morgan fingerprint density at radius 1 is 1.29 bits per heavy atom. The van der Waals surface area contributed by atoms with Gasteiger partial charge >= 0.3 is 0 Å². The Balaban J connectivity index is 2.53. The van der Waals surface area contributed by atoms with Crippen LogP contribution in [0.5, 0.6) is 0 Å². The molecule has 0 saturated carbocycles. The summed E-state index contributed by atoms with van der Waals surface area (Å²) in [6.45, 7) is 8.49. The molecule has 0 N–H and O–H groups in total. The lowest BCUT2D eigenvalue weighted by atomic mass is 9.68. The lowest BCUT2D eigenvalue weighted by Crippen LogP contribution is -2.30. The first-order chi connectivity index (χ1) is 8.22. The van der Waals surface area contributed by atoms with Gasteiger partial charge in [-0.3, -0.25) is 0 Å². The van der Waals surface area contributed by atoms with Gasteiger partial charge in [0.25, 0.3) is 0 Å². The second-order valence-electron chi connectivity index (χ2n) is 4.80. The molecule has 0 bridgehead atoms. The predicted molar refractivity (Wildman–Crippen MR) is 75.1 cm³/mol. The van der Waals surface area contributed by atoms with Crippen LogP contribution in [0, 0.1) is 5.92 Å². The molecule has 0 aromatic heterocycles. The summed E-state index contributed by atoms with van der Waals surface area (Å²) in [5, 5.41) is 0. The van der Waals surface area contributed by atoms with Gasteiger partial charge in [0.15, 0.2) is 0 Å². The SMILES string of the molecule is C=CC1C=CC=CC1(C)c1ccccc1CC. The molecule has 2 atom stereocenters. The smallest absolute Gasteiger partial charge is 0.0207 e. The summed E-state index contributed by atoms with van der Waals surface area (Å²) in [5.41, 5.74) is 2.90. The monoisotopic (exact) mass is 224 g/mol. The van der Waals surface area contributed by atoms with Crippen molar-refractivity contribution in [2.45, 2.75) is 25.7 Å². The molecule has 0 heterocycles. The summed E-state index contributed by atoms with van der Waals surface area (Å²) >= 11 is 0. The number of hydrogen-bond donors (Lipinski definition) is 0. The molecule has 17 heavy (non-hydrogen) atoms. The summed E-state index contributed by atoms with van der Waals surface area (Å²) < 4.78 is 0. The zero-order chi connectivity index (χ0) is 12.3. The third kappa shape index (κ3) is 2.00. The third-order valence-electron chi connectivity index (χ3n) is 3.80. The van der Waals surface area contributed by atoms with Crippen molar-refractivity contribution in [1.82, 2.24) is 0 Å². The van der Waals surface area contributed by atoms with Crippen molar-refractivity contribution >= 4 is 0 Å². The number of benzene rings is 1. The summed E-state index contributed by atoms with van der Waals surface area (Å²) in [5.74, 6) is 0.375. The molecule has 1 aliphatic rings. The van der Waals surface area contributed by atoms with Crippen molar-refractivity contribution < 1.29 is 0 Å². The second kappa shape index (κ2) is 4.75. The van der Waals surface area contributed by atoms with Crippen LogP contribution in [-0.2, 0) is 11.8 Å². The van der Waals surface area contributed by atoms with E-state index in [2.05, 4.69) is 69.0 Å². The van der Waals surface area contributed by atoms with Gasteiger partial charge in [0.05, 0.1) is 0 Å². The van der Waals surface area contributed by atoms with E-state index >= 15 is 0 Å². The fourth-order valence-corrected chi connectivity index (χ4v) is 2.70. The molecule has 88 valence electrons. The molecule has 2 unspecified atom stereocenters. The van der Waals surface area contributed by atoms with Gasteiger partial charge in [-0.2, -0.15) is 0 Å². The molecule has 0 radical (unpaired) electrons. The van der Waals surface area contributed by atoms with Gasteiger partial charge < -0.3 is 0 Å². The molecule has 1 aromatic carbocycles. The van der Waals surface area contributed by atoms with Crippen LogP contribution in [0.3, 0.4) is 0 Å². The molecule has 1 aromatic rings. The van der Waals surface area contributed by atoms with Gasteiger partial charge in [-0.1, -0.05) is 68.5 Å². The molecular formula is C17H20. The topological polar surface area (TPSA) is 0 Å². The van der Waals surface area contributed by atoms with E-state index in [0.29, 0.717) is 5.92 Å². The lowest BCUT2D eigenvalue weighted by molar-refractivity contribution is 0.495. The number of aryl methyl sites for hydroxylation is 1. The van der Waals surface area contributed by atoms with Crippen LogP contribution >= 0.6 is 0 Å². The van der Waals surface area contributed by atoms with E-state index in [4.69, 9.17) is 0 Å². The van der Waals surface area contributed by atoms with Crippen molar-refractivity contribution in [2.24, 2.45) is 5.92 Å². The Kier molecular flexibility index (Phi) is 3.33. The fourth-order valence-electron chi connectivity index (χ4n) is 2.70. The van der Waals surface area contributed by atoms with E-state index in [1.165, 1.54) is 11.1 Å². The van der Waals surface area contributed by atoms with E-state index in [1.807, 2.05) is 6.08 Å². The van der Waals surface area contributed by atoms with E-state index in [0.717, 1.165) is 6.42 Å². The highest BCUT2D eigenvalue weighted by molar-refractivity contribution is 5.43. The van der Waals surface area contributed by atoms with Gasteiger partial charge in [-0.05, 0) is 17.5 Å². The van der Waals surface area contributed by atoms with Gasteiger partial charge in [-0.15, -0.1) is 6.58 Å². The normalized spacial score (nSPS) is 27.1. The highest BCUT2D eigenvalue weighted by Gasteiger charge is 2.32. The van der Waals surface area contributed by atoms with E-state index in [9.17, 15) is 0 Å². The molecule has 0 nitrogen and oxygen atoms in total. The number of allylic oxidation sites excluding steroid dienone is 5. The average molecular weight is 224 g/mol. The minimum atomic E-state index is 0.0447. The minimum Gasteiger partial charge on any atom is -0.102 e. The maximum absolute atomic E-state index is 3.98. The number of hydrogen-bond acceptors (Lipinski definition) is 0. The lowest BCUT2D eigenvalue weighted by Gasteiger charge is -2.35. The largest absolute Gasteiger partial charge is 0.102 e. The Hall–Kier alpha value is -1.56. The third-order valence-corrected chi connectivity index (χ3v) is 3.80. The Morgan fingerprint density at radius 2 is 2.06 bits per heavy atom. The highest BCUT2D eigenvalue weighted by Crippen LogP contribution is 2.39. The zero-order valence-electron chi connectivity index (χ0n) is 10.7. The first-order valence-electron chi connectivity index (χ1n) is 6.29. The minimum absolute atomic E-state index is 0.0447. The quantitative estimate of drug-likeness (QED) is 0.666. The molecule has 1 aliphatic carbocycles. The molecule has 0 fully saturated rings. The molecule has 0 amide bonds. The summed E-state index contributed by atoms with van der Waals surface area (Å²) in [6, 6.07) is 8.73. The first kappa shape index (κ1) is 11.9. The van der Waals surface area contributed by atoms with Crippen LogP contribution in [0.2, 0.25) is 0 Å². The maximum atomic E-state index is 3.98. The molecule has 0 aliphatic heterocycles.